The third kappa shape index (κ3) is 5.69. The van der Waals surface area contributed by atoms with Crippen LogP contribution >= 0.6 is 11.8 Å². The Balaban J connectivity index is 1.81. The fraction of sp³-hybridized carbons (Fsp3) is 0.278. The second-order valence-corrected chi connectivity index (χ2v) is 8.92. The first-order valence-corrected chi connectivity index (χ1v) is 10.5. The Labute approximate surface area is 147 Å². The van der Waals surface area contributed by atoms with Crippen LogP contribution in [0.3, 0.4) is 0 Å². The third-order valence-corrected chi connectivity index (χ3v) is 5.87. The van der Waals surface area contributed by atoms with Gasteiger partial charge in [0, 0.05) is 18.6 Å². The van der Waals surface area contributed by atoms with E-state index in [1.807, 2.05) is 37.3 Å². The summed E-state index contributed by atoms with van der Waals surface area (Å²) in [5, 5.41) is 2.73. The number of nitrogens with one attached hydrogen (secondary N) is 1. The average molecular weight is 364 g/mol. The molecule has 0 spiro atoms. The number of hydrogen-bond acceptors (Lipinski definition) is 4. The topological polar surface area (TPSA) is 63.2 Å². The van der Waals surface area contributed by atoms with Crippen LogP contribution in [0.5, 0.6) is 0 Å². The fourth-order valence-electron chi connectivity index (χ4n) is 2.06. The summed E-state index contributed by atoms with van der Waals surface area (Å²) < 4.78 is 22.8. The van der Waals surface area contributed by atoms with Gasteiger partial charge in [0.2, 0.25) is 5.91 Å². The summed E-state index contributed by atoms with van der Waals surface area (Å²) in [6.07, 6.45) is 1.18. The molecule has 0 saturated heterocycles. The Morgan fingerprint density at radius 1 is 1.04 bits per heavy atom. The molecule has 0 heterocycles. The molecule has 1 atom stereocenters. The molecular formula is C18H21NO3S2. The molecule has 1 unspecified atom stereocenters. The van der Waals surface area contributed by atoms with E-state index in [4.69, 9.17) is 0 Å². The van der Waals surface area contributed by atoms with E-state index < -0.39 is 9.84 Å². The number of hydrogen-bond donors (Lipinski definition) is 1. The van der Waals surface area contributed by atoms with Crippen LogP contribution in [-0.2, 0) is 26.9 Å². The SMILES string of the molecule is CC(SCc1ccccc1)C(=O)NCc1ccc(S(C)(=O)=O)cc1. The Morgan fingerprint density at radius 3 is 2.25 bits per heavy atom. The minimum Gasteiger partial charge on any atom is -0.351 e. The molecule has 0 bridgehead atoms. The Kier molecular flexibility index (Phi) is 6.45. The minimum atomic E-state index is -3.19. The standard InChI is InChI=1S/C18H21NO3S2/c1-14(23-13-16-6-4-3-5-7-16)18(20)19-12-15-8-10-17(11-9-15)24(2,21)22/h3-11,14H,12-13H2,1-2H3,(H,19,20). The van der Waals surface area contributed by atoms with Gasteiger partial charge in [0.1, 0.15) is 0 Å². The van der Waals surface area contributed by atoms with E-state index in [1.54, 1.807) is 36.0 Å². The van der Waals surface area contributed by atoms with E-state index in [-0.39, 0.29) is 16.1 Å². The molecule has 1 amide bonds. The van der Waals surface area contributed by atoms with Crippen molar-refractivity contribution in [2.24, 2.45) is 0 Å². The fourth-order valence-corrected chi connectivity index (χ4v) is 3.56. The van der Waals surface area contributed by atoms with Crippen LogP contribution in [-0.4, -0.2) is 25.8 Å². The van der Waals surface area contributed by atoms with Crippen LogP contribution in [0.25, 0.3) is 0 Å². The zero-order valence-corrected chi connectivity index (χ0v) is 15.4. The molecule has 128 valence electrons. The first-order chi connectivity index (χ1) is 11.4. The molecule has 0 radical (unpaired) electrons. The van der Waals surface area contributed by atoms with Crippen molar-refractivity contribution in [3.8, 4) is 0 Å². The van der Waals surface area contributed by atoms with Crippen LogP contribution in [0, 0.1) is 0 Å². The second-order valence-electron chi connectivity index (χ2n) is 5.57. The summed E-state index contributed by atoms with van der Waals surface area (Å²) in [5.41, 5.74) is 2.06. The highest BCUT2D eigenvalue weighted by atomic mass is 32.2. The predicted molar refractivity (Wildman–Crippen MR) is 98.6 cm³/mol. The summed E-state index contributed by atoms with van der Waals surface area (Å²) in [5.74, 6) is 0.765. The highest BCUT2D eigenvalue weighted by Crippen LogP contribution is 2.17. The summed E-state index contributed by atoms with van der Waals surface area (Å²) in [6, 6.07) is 16.6. The number of sulfone groups is 1. The van der Waals surface area contributed by atoms with Gasteiger partial charge in [-0.3, -0.25) is 4.79 Å². The van der Waals surface area contributed by atoms with E-state index in [0.29, 0.717) is 6.54 Å². The number of amides is 1. The number of carbonyl (C=O) groups excluding carboxylic acids is 1. The van der Waals surface area contributed by atoms with Gasteiger partial charge < -0.3 is 5.32 Å². The van der Waals surface area contributed by atoms with Gasteiger partial charge in [0.25, 0.3) is 0 Å². The highest BCUT2D eigenvalue weighted by molar-refractivity contribution is 7.99. The maximum atomic E-state index is 12.1. The van der Waals surface area contributed by atoms with Gasteiger partial charge in [0.05, 0.1) is 10.1 Å². The molecule has 0 aromatic heterocycles. The summed E-state index contributed by atoms with van der Waals surface area (Å²) in [4.78, 5) is 12.4. The minimum absolute atomic E-state index is 0.0249. The van der Waals surface area contributed by atoms with Crippen LogP contribution in [0.15, 0.2) is 59.5 Å². The molecule has 24 heavy (non-hydrogen) atoms. The summed E-state index contributed by atoms with van der Waals surface area (Å²) in [6.45, 7) is 2.27. The maximum absolute atomic E-state index is 12.1. The molecule has 4 nitrogen and oxygen atoms in total. The van der Waals surface area contributed by atoms with Crippen molar-refractivity contribution in [2.75, 3.05) is 6.26 Å². The first kappa shape index (κ1) is 18.5. The predicted octanol–water partition coefficient (Wildman–Crippen LogP) is 3.03. The molecule has 6 heteroatoms. The lowest BCUT2D eigenvalue weighted by molar-refractivity contribution is -0.120. The second kappa shape index (κ2) is 8.35. The lowest BCUT2D eigenvalue weighted by Crippen LogP contribution is -2.30. The molecule has 2 aromatic rings. The van der Waals surface area contributed by atoms with Crippen LogP contribution in [0.2, 0.25) is 0 Å². The van der Waals surface area contributed by atoms with E-state index in [1.165, 1.54) is 11.8 Å². The van der Waals surface area contributed by atoms with E-state index >= 15 is 0 Å². The largest absolute Gasteiger partial charge is 0.351 e. The summed E-state index contributed by atoms with van der Waals surface area (Å²) >= 11 is 1.59. The van der Waals surface area contributed by atoms with Crippen molar-refractivity contribution in [3.63, 3.8) is 0 Å². The molecule has 0 saturated carbocycles. The van der Waals surface area contributed by atoms with E-state index in [0.717, 1.165) is 11.3 Å². The monoisotopic (exact) mass is 363 g/mol. The van der Waals surface area contributed by atoms with Crippen LogP contribution < -0.4 is 5.32 Å². The number of rotatable bonds is 7. The Bertz CT molecular complexity index is 772. The van der Waals surface area contributed by atoms with Gasteiger partial charge >= 0.3 is 0 Å². The third-order valence-electron chi connectivity index (χ3n) is 3.53. The lowest BCUT2D eigenvalue weighted by Gasteiger charge is -2.12. The number of carbonyl (C=O) groups is 1. The molecule has 0 aliphatic heterocycles. The number of thioether (sulfide) groups is 1. The van der Waals surface area contributed by atoms with Crippen molar-refractivity contribution in [3.05, 3.63) is 65.7 Å². The number of benzene rings is 2. The zero-order chi connectivity index (χ0) is 17.6. The quantitative estimate of drug-likeness (QED) is 0.821. The van der Waals surface area contributed by atoms with Crippen LogP contribution in [0.1, 0.15) is 18.1 Å². The van der Waals surface area contributed by atoms with Gasteiger partial charge in [-0.1, -0.05) is 42.5 Å². The molecule has 0 fully saturated rings. The van der Waals surface area contributed by atoms with Crippen LogP contribution in [0.4, 0.5) is 0 Å². The Morgan fingerprint density at radius 2 is 1.67 bits per heavy atom. The van der Waals surface area contributed by atoms with Crippen molar-refractivity contribution >= 4 is 27.5 Å². The van der Waals surface area contributed by atoms with Gasteiger partial charge in [-0.2, -0.15) is 0 Å². The van der Waals surface area contributed by atoms with Gasteiger partial charge in [-0.15, -0.1) is 11.8 Å². The van der Waals surface area contributed by atoms with Crippen molar-refractivity contribution in [1.82, 2.24) is 5.32 Å². The van der Waals surface area contributed by atoms with Crippen molar-refractivity contribution in [2.45, 2.75) is 29.4 Å². The van der Waals surface area contributed by atoms with Gasteiger partial charge in [-0.25, -0.2) is 8.42 Å². The zero-order valence-electron chi connectivity index (χ0n) is 13.7. The first-order valence-electron chi connectivity index (χ1n) is 7.58. The highest BCUT2D eigenvalue weighted by Gasteiger charge is 2.13. The average Bonchev–Trinajstić information content (AvgIpc) is 2.58. The molecule has 2 rings (SSSR count). The maximum Gasteiger partial charge on any atom is 0.233 e. The lowest BCUT2D eigenvalue weighted by atomic mass is 10.2. The smallest absolute Gasteiger partial charge is 0.233 e. The van der Waals surface area contributed by atoms with E-state index in [2.05, 4.69) is 5.32 Å². The summed E-state index contributed by atoms with van der Waals surface area (Å²) in [7, 11) is -3.19. The normalized spacial score (nSPS) is 12.6. The van der Waals surface area contributed by atoms with Crippen molar-refractivity contribution in [1.29, 1.82) is 0 Å². The van der Waals surface area contributed by atoms with Gasteiger partial charge in [-0.05, 0) is 30.2 Å². The van der Waals surface area contributed by atoms with E-state index in [9.17, 15) is 13.2 Å². The molecule has 2 aromatic carbocycles. The Hall–Kier alpha value is -1.79. The molecule has 1 N–H and O–H groups in total. The van der Waals surface area contributed by atoms with Crippen molar-refractivity contribution < 1.29 is 13.2 Å². The molecule has 0 aliphatic rings. The van der Waals surface area contributed by atoms with Gasteiger partial charge in [0.15, 0.2) is 9.84 Å². The molecular weight excluding hydrogens is 342 g/mol. The molecule has 0 aliphatic carbocycles.